The quantitative estimate of drug-likeness (QED) is 0.708. The number of pyridine rings is 1. The maximum Gasteiger partial charge on any atom is 0.243 e. The molecule has 0 fully saturated rings. The highest BCUT2D eigenvalue weighted by Crippen LogP contribution is 2.27. The highest BCUT2D eigenvalue weighted by atomic mass is 32.2. The van der Waals surface area contributed by atoms with E-state index in [0.717, 1.165) is 5.56 Å². The minimum absolute atomic E-state index is 0.0377. The molecular weight excluding hydrogens is 380 g/mol. The van der Waals surface area contributed by atoms with E-state index in [2.05, 4.69) is 15.5 Å². The number of sulfonamides is 1. The average Bonchev–Trinajstić information content (AvgIpc) is 3.16. The summed E-state index contributed by atoms with van der Waals surface area (Å²) in [6, 6.07) is 11.8. The Morgan fingerprint density at radius 2 is 2.00 bits per heavy atom. The second-order valence-corrected chi connectivity index (χ2v) is 8.57. The average molecular weight is 398 g/mol. The molecule has 0 atom stereocenters. The van der Waals surface area contributed by atoms with Crippen LogP contribution in [0.5, 0.6) is 0 Å². The first kappa shape index (κ1) is 18.3. The van der Waals surface area contributed by atoms with Crippen LogP contribution < -0.4 is 5.32 Å². The minimum Gasteiger partial charge on any atom is -0.359 e. The number of rotatable bonds is 5. The molecule has 2 aromatic heterocycles. The van der Waals surface area contributed by atoms with Crippen LogP contribution in [-0.4, -0.2) is 35.8 Å². The van der Waals surface area contributed by atoms with E-state index in [1.54, 1.807) is 36.5 Å². The Kier molecular flexibility index (Phi) is 4.70. The van der Waals surface area contributed by atoms with E-state index in [-0.39, 0.29) is 17.3 Å². The third kappa shape index (κ3) is 3.54. The largest absolute Gasteiger partial charge is 0.359 e. The Balaban J connectivity index is 1.54. The first-order valence-corrected chi connectivity index (χ1v) is 10.1. The van der Waals surface area contributed by atoms with Crippen molar-refractivity contribution in [2.45, 2.75) is 24.3 Å². The number of hydrogen-bond acceptors (Lipinski definition) is 6. The van der Waals surface area contributed by atoms with E-state index >= 15 is 0 Å². The molecule has 4 rings (SSSR count). The fourth-order valence-corrected chi connectivity index (χ4v) is 4.22. The van der Waals surface area contributed by atoms with Crippen LogP contribution in [0.3, 0.4) is 0 Å². The summed E-state index contributed by atoms with van der Waals surface area (Å²) >= 11 is 0. The molecule has 28 heavy (non-hydrogen) atoms. The summed E-state index contributed by atoms with van der Waals surface area (Å²) in [7, 11) is -2.24. The molecule has 3 aromatic rings. The first-order valence-electron chi connectivity index (χ1n) is 8.69. The lowest BCUT2D eigenvalue weighted by atomic mass is 10.0. The summed E-state index contributed by atoms with van der Waals surface area (Å²) in [4.78, 5) is 15.8. The molecule has 0 radical (unpaired) electrons. The molecule has 1 amide bonds. The number of nitrogens with zero attached hydrogens (tertiary/aromatic N) is 3. The Hall–Kier alpha value is -3.04. The maximum absolute atomic E-state index is 12.9. The lowest BCUT2D eigenvalue weighted by molar-refractivity contribution is -0.116. The number of anilines is 1. The van der Waals surface area contributed by atoms with E-state index < -0.39 is 10.0 Å². The summed E-state index contributed by atoms with van der Waals surface area (Å²) in [6.45, 7) is 0.0377. The monoisotopic (exact) mass is 398 g/mol. The van der Waals surface area contributed by atoms with Crippen LogP contribution >= 0.6 is 0 Å². The molecule has 1 aliphatic rings. The topological polar surface area (TPSA) is 105 Å². The molecule has 1 N–H and O–H groups in total. The van der Waals surface area contributed by atoms with E-state index in [1.807, 2.05) is 6.07 Å². The summed E-state index contributed by atoms with van der Waals surface area (Å²) in [6.07, 6.45) is 2.52. The summed E-state index contributed by atoms with van der Waals surface area (Å²) in [5.74, 6) is 0.353. The highest BCUT2D eigenvalue weighted by Gasteiger charge is 2.25. The normalized spacial score (nSPS) is 14.0. The molecule has 1 aromatic carbocycles. The lowest BCUT2D eigenvalue weighted by Crippen LogP contribution is -2.27. The molecule has 3 heterocycles. The van der Waals surface area contributed by atoms with E-state index in [0.29, 0.717) is 35.7 Å². The Morgan fingerprint density at radius 1 is 1.14 bits per heavy atom. The van der Waals surface area contributed by atoms with Gasteiger partial charge in [0.15, 0.2) is 5.76 Å². The van der Waals surface area contributed by atoms with Crippen molar-refractivity contribution >= 4 is 21.6 Å². The number of amides is 1. The van der Waals surface area contributed by atoms with Crippen molar-refractivity contribution in [3.8, 4) is 11.4 Å². The number of hydrogen-bond donors (Lipinski definition) is 1. The lowest BCUT2D eigenvalue weighted by Gasteiger charge is -2.20. The number of carbonyl (C=O) groups is 1. The molecule has 0 unspecified atom stereocenters. The van der Waals surface area contributed by atoms with Gasteiger partial charge >= 0.3 is 0 Å². The van der Waals surface area contributed by atoms with Gasteiger partial charge in [0.1, 0.15) is 5.69 Å². The molecule has 9 heteroatoms. The molecular formula is C19H18N4O4S. The Labute approximate surface area is 162 Å². The van der Waals surface area contributed by atoms with Crippen molar-refractivity contribution in [3.63, 3.8) is 0 Å². The Bertz CT molecular complexity index is 1130. The summed E-state index contributed by atoms with van der Waals surface area (Å²) in [5.41, 5.74) is 2.67. The molecule has 0 spiro atoms. The second-order valence-electron chi connectivity index (χ2n) is 6.52. The predicted octanol–water partition coefficient (Wildman–Crippen LogP) is 2.44. The highest BCUT2D eigenvalue weighted by molar-refractivity contribution is 7.89. The standard InChI is InChI=1S/C19H18N4O4S/c1-23(12-14-11-18(22-27-14)17-4-2-3-9-20-17)28(25,26)15-6-7-16-13(10-15)5-8-19(24)21-16/h2-4,6-7,9-11H,5,8,12H2,1H3,(H,21,24). The van der Waals surface area contributed by atoms with Crippen molar-refractivity contribution in [1.82, 2.24) is 14.4 Å². The smallest absolute Gasteiger partial charge is 0.243 e. The summed E-state index contributed by atoms with van der Waals surface area (Å²) < 4.78 is 32.3. The SMILES string of the molecule is CN(Cc1cc(-c2ccccn2)no1)S(=O)(=O)c1ccc2c(c1)CCC(=O)N2. The van der Waals surface area contributed by atoms with Crippen LogP contribution in [-0.2, 0) is 27.8 Å². The van der Waals surface area contributed by atoms with Gasteiger partial charge in [-0.1, -0.05) is 11.2 Å². The number of aromatic nitrogens is 2. The zero-order chi connectivity index (χ0) is 19.7. The van der Waals surface area contributed by atoms with Gasteiger partial charge in [-0.3, -0.25) is 9.78 Å². The Morgan fingerprint density at radius 3 is 2.79 bits per heavy atom. The van der Waals surface area contributed by atoms with Crippen molar-refractivity contribution in [2.24, 2.45) is 0 Å². The van der Waals surface area contributed by atoms with E-state index in [9.17, 15) is 13.2 Å². The van der Waals surface area contributed by atoms with Crippen molar-refractivity contribution in [1.29, 1.82) is 0 Å². The number of benzene rings is 1. The third-order valence-corrected chi connectivity index (χ3v) is 6.34. The van der Waals surface area contributed by atoms with Crippen LogP contribution in [0.25, 0.3) is 11.4 Å². The predicted molar refractivity (Wildman–Crippen MR) is 102 cm³/mol. The molecule has 1 aliphatic heterocycles. The van der Waals surface area contributed by atoms with Crippen molar-refractivity contribution in [2.75, 3.05) is 12.4 Å². The number of nitrogens with one attached hydrogen (secondary N) is 1. The first-order chi connectivity index (χ1) is 13.4. The minimum atomic E-state index is -3.72. The molecule has 0 saturated carbocycles. The third-order valence-electron chi connectivity index (χ3n) is 4.55. The van der Waals surface area contributed by atoms with Crippen molar-refractivity contribution < 1.29 is 17.7 Å². The maximum atomic E-state index is 12.9. The van der Waals surface area contributed by atoms with Gasteiger partial charge in [-0.2, -0.15) is 4.31 Å². The van der Waals surface area contributed by atoms with Crippen LogP contribution in [0.15, 0.2) is 58.1 Å². The van der Waals surface area contributed by atoms with Gasteiger partial charge in [0.25, 0.3) is 0 Å². The van der Waals surface area contributed by atoms with Gasteiger partial charge in [-0.05, 0) is 42.3 Å². The van der Waals surface area contributed by atoms with Gasteiger partial charge < -0.3 is 9.84 Å². The molecule has 144 valence electrons. The van der Waals surface area contributed by atoms with Crippen LogP contribution in [0.2, 0.25) is 0 Å². The zero-order valence-corrected chi connectivity index (χ0v) is 15.9. The van der Waals surface area contributed by atoms with E-state index in [1.165, 1.54) is 17.4 Å². The molecule has 0 bridgehead atoms. The number of fused-ring (bicyclic) bond motifs is 1. The number of carbonyl (C=O) groups excluding carboxylic acids is 1. The van der Waals surface area contributed by atoms with Crippen molar-refractivity contribution in [3.05, 3.63) is 60.0 Å². The summed E-state index contributed by atoms with van der Waals surface area (Å²) in [5, 5.41) is 6.71. The molecule has 0 saturated heterocycles. The fraction of sp³-hybridized carbons (Fsp3) is 0.211. The van der Waals surface area contributed by atoms with Gasteiger partial charge in [0, 0.05) is 31.4 Å². The van der Waals surface area contributed by atoms with Crippen LogP contribution in [0.4, 0.5) is 5.69 Å². The van der Waals surface area contributed by atoms with Gasteiger partial charge in [-0.15, -0.1) is 0 Å². The van der Waals surface area contributed by atoms with Gasteiger partial charge in [0.05, 0.1) is 17.1 Å². The van der Waals surface area contributed by atoms with Crippen LogP contribution in [0.1, 0.15) is 17.7 Å². The number of aryl methyl sites for hydroxylation is 1. The van der Waals surface area contributed by atoms with Gasteiger partial charge in [-0.25, -0.2) is 8.42 Å². The van der Waals surface area contributed by atoms with E-state index in [4.69, 9.17) is 4.52 Å². The fourth-order valence-electron chi connectivity index (χ4n) is 3.03. The zero-order valence-electron chi connectivity index (χ0n) is 15.1. The van der Waals surface area contributed by atoms with Crippen LogP contribution in [0, 0.1) is 0 Å². The molecule has 8 nitrogen and oxygen atoms in total. The van der Waals surface area contributed by atoms with Gasteiger partial charge in [0.2, 0.25) is 15.9 Å². The second kappa shape index (κ2) is 7.17. The molecule has 0 aliphatic carbocycles.